The minimum atomic E-state index is -0.114. The molecule has 0 unspecified atom stereocenters. The van der Waals surface area contributed by atoms with Crippen molar-refractivity contribution in [3.8, 4) is 10.4 Å². The predicted octanol–water partition coefficient (Wildman–Crippen LogP) is 5.28. The van der Waals surface area contributed by atoms with E-state index in [-0.39, 0.29) is 5.91 Å². The lowest BCUT2D eigenvalue weighted by molar-refractivity contribution is 0.103. The number of hydrogen-bond donors (Lipinski definition) is 1. The zero-order chi connectivity index (χ0) is 15.6. The van der Waals surface area contributed by atoms with Crippen molar-refractivity contribution in [1.82, 2.24) is 4.98 Å². The Morgan fingerprint density at radius 1 is 1.00 bits per heavy atom. The maximum atomic E-state index is 12.3. The Morgan fingerprint density at radius 3 is 2.74 bits per heavy atom. The molecule has 0 saturated carbocycles. The van der Waals surface area contributed by atoms with Gasteiger partial charge in [0.2, 0.25) is 0 Å². The van der Waals surface area contributed by atoms with Crippen LogP contribution in [-0.4, -0.2) is 10.9 Å². The van der Waals surface area contributed by atoms with Crippen LogP contribution in [0, 0.1) is 0 Å². The average molecular weight is 336 g/mol. The van der Waals surface area contributed by atoms with Gasteiger partial charge in [0.15, 0.2) is 5.13 Å². The smallest absolute Gasteiger partial charge is 0.267 e. The van der Waals surface area contributed by atoms with Gasteiger partial charge in [-0.2, -0.15) is 0 Å². The second-order valence-electron chi connectivity index (χ2n) is 4.98. The van der Waals surface area contributed by atoms with E-state index >= 15 is 0 Å². The predicted molar refractivity (Wildman–Crippen MR) is 97.3 cm³/mol. The summed E-state index contributed by atoms with van der Waals surface area (Å²) in [6, 6.07) is 18.4. The summed E-state index contributed by atoms with van der Waals surface area (Å²) < 4.78 is 0. The van der Waals surface area contributed by atoms with Crippen LogP contribution in [0.1, 0.15) is 9.67 Å². The number of nitrogens with zero attached hydrogens (tertiary/aromatic N) is 1. The van der Waals surface area contributed by atoms with Gasteiger partial charge in [-0.25, -0.2) is 4.98 Å². The summed E-state index contributed by atoms with van der Waals surface area (Å²) in [7, 11) is 0. The van der Waals surface area contributed by atoms with Crippen molar-refractivity contribution >= 4 is 44.5 Å². The first-order valence-corrected chi connectivity index (χ1v) is 8.80. The van der Waals surface area contributed by atoms with Gasteiger partial charge < -0.3 is 0 Å². The third-order valence-electron chi connectivity index (χ3n) is 3.54. The Bertz CT molecular complexity index is 968. The van der Waals surface area contributed by atoms with E-state index in [1.54, 1.807) is 6.20 Å². The number of aromatic nitrogens is 1. The van der Waals surface area contributed by atoms with Crippen LogP contribution in [0.15, 0.2) is 66.2 Å². The number of carbonyl (C=O) groups is 1. The number of benzene rings is 2. The first-order valence-electron chi connectivity index (χ1n) is 7.10. The molecule has 4 aromatic rings. The molecule has 5 heteroatoms. The van der Waals surface area contributed by atoms with Gasteiger partial charge >= 0.3 is 0 Å². The number of carbonyl (C=O) groups excluding carboxylic acids is 1. The van der Waals surface area contributed by atoms with Crippen molar-refractivity contribution < 1.29 is 4.79 Å². The summed E-state index contributed by atoms with van der Waals surface area (Å²) in [5.74, 6) is -0.114. The van der Waals surface area contributed by atoms with Crippen molar-refractivity contribution in [2.24, 2.45) is 0 Å². The highest BCUT2D eigenvalue weighted by molar-refractivity contribution is 7.18. The summed E-state index contributed by atoms with van der Waals surface area (Å²) in [6.45, 7) is 0. The van der Waals surface area contributed by atoms with Gasteiger partial charge in [0, 0.05) is 16.5 Å². The largest absolute Gasteiger partial charge is 0.297 e. The van der Waals surface area contributed by atoms with Crippen molar-refractivity contribution in [3.05, 3.63) is 71.1 Å². The lowest BCUT2D eigenvalue weighted by atomic mass is 10.0. The molecule has 23 heavy (non-hydrogen) atoms. The maximum Gasteiger partial charge on any atom is 0.267 e. The minimum Gasteiger partial charge on any atom is -0.297 e. The zero-order valence-electron chi connectivity index (χ0n) is 12.0. The number of amides is 1. The summed E-state index contributed by atoms with van der Waals surface area (Å²) in [6.07, 6.45) is 1.68. The molecule has 0 aliphatic heterocycles. The van der Waals surface area contributed by atoms with E-state index in [0.717, 1.165) is 10.4 Å². The number of nitrogens with one attached hydrogen (secondary N) is 1. The standard InChI is InChI=1S/C18H12N2OS2/c21-17(20-18-19-10-11-22-18)16-9-8-15(23-16)14-7-3-5-12-4-1-2-6-13(12)14/h1-11H,(H,19,20,21). The van der Waals surface area contributed by atoms with Crippen LogP contribution in [0.3, 0.4) is 0 Å². The molecule has 0 aliphatic carbocycles. The molecule has 4 rings (SSSR count). The van der Waals surface area contributed by atoms with E-state index in [1.807, 2.05) is 35.7 Å². The van der Waals surface area contributed by atoms with Crippen molar-refractivity contribution in [3.63, 3.8) is 0 Å². The number of anilines is 1. The number of hydrogen-bond acceptors (Lipinski definition) is 4. The van der Waals surface area contributed by atoms with Gasteiger partial charge in [-0.05, 0) is 28.5 Å². The molecular formula is C18H12N2OS2. The quantitative estimate of drug-likeness (QED) is 0.553. The van der Waals surface area contributed by atoms with Crippen LogP contribution >= 0.6 is 22.7 Å². The second kappa shape index (κ2) is 5.95. The molecule has 0 atom stereocenters. The van der Waals surface area contributed by atoms with Crippen LogP contribution in [0.4, 0.5) is 5.13 Å². The van der Waals surface area contributed by atoms with Gasteiger partial charge in [0.25, 0.3) is 5.91 Å². The normalized spacial score (nSPS) is 10.8. The Kier molecular flexibility index (Phi) is 3.65. The number of thiophene rings is 1. The van der Waals surface area contributed by atoms with Crippen LogP contribution in [0.5, 0.6) is 0 Å². The van der Waals surface area contributed by atoms with E-state index in [1.165, 1.54) is 33.4 Å². The van der Waals surface area contributed by atoms with Crippen LogP contribution in [-0.2, 0) is 0 Å². The molecule has 2 aromatic heterocycles. The van der Waals surface area contributed by atoms with Crippen molar-refractivity contribution in [1.29, 1.82) is 0 Å². The highest BCUT2D eigenvalue weighted by Gasteiger charge is 2.12. The molecule has 0 fully saturated rings. The molecule has 0 saturated heterocycles. The minimum absolute atomic E-state index is 0.114. The van der Waals surface area contributed by atoms with E-state index in [0.29, 0.717) is 10.0 Å². The molecule has 0 spiro atoms. The summed E-state index contributed by atoms with van der Waals surface area (Å²) in [5, 5.41) is 7.68. The summed E-state index contributed by atoms with van der Waals surface area (Å²) in [4.78, 5) is 18.1. The molecule has 2 heterocycles. The molecule has 3 nitrogen and oxygen atoms in total. The van der Waals surface area contributed by atoms with Crippen LogP contribution in [0.25, 0.3) is 21.2 Å². The zero-order valence-corrected chi connectivity index (χ0v) is 13.7. The maximum absolute atomic E-state index is 12.3. The van der Waals surface area contributed by atoms with E-state index < -0.39 is 0 Å². The topological polar surface area (TPSA) is 42.0 Å². The fraction of sp³-hybridized carbons (Fsp3) is 0. The Balaban J connectivity index is 1.68. The van der Waals surface area contributed by atoms with Crippen molar-refractivity contribution in [2.45, 2.75) is 0 Å². The van der Waals surface area contributed by atoms with E-state index in [4.69, 9.17) is 0 Å². The second-order valence-corrected chi connectivity index (χ2v) is 6.96. The summed E-state index contributed by atoms with van der Waals surface area (Å²) >= 11 is 2.91. The lowest BCUT2D eigenvalue weighted by Crippen LogP contribution is -2.09. The van der Waals surface area contributed by atoms with Crippen LogP contribution in [0.2, 0.25) is 0 Å². The highest BCUT2D eigenvalue weighted by atomic mass is 32.1. The first-order chi connectivity index (χ1) is 11.3. The number of rotatable bonds is 3. The Labute approximate surface area is 141 Å². The van der Waals surface area contributed by atoms with Crippen molar-refractivity contribution in [2.75, 3.05) is 5.32 Å². The molecule has 0 radical (unpaired) electrons. The number of fused-ring (bicyclic) bond motifs is 1. The fourth-order valence-electron chi connectivity index (χ4n) is 2.49. The average Bonchev–Trinajstić information content (AvgIpc) is 3.26. The lowest BCUT2D eigenvalue weighted by Gasteiger charge is -2.04. The van der Waals surface area contributed by atoms with Gasteiger partial charge in [-0.15, -0.1) is 22.7 Å². The Morgan fingerprint density at radius 2 is 1.87 bits per heavy atom. The van der Waals surface area contributed by atoms with E-state index in [9.17, 15) is 4.79 Å². The third-order valence-corrected chi connectivity index (χ3v) is 5.34. The van der Waals surface area contributed by atoms with Gasteiger partial charge in [0.05, 0.1) is 4.88 Å². The third kappa shape index (κ3) is 2.76. The molecule has 2 aromatic carbocycles. The van der Waals surface area contributed by atoms with Crippen LogP contribution < -0.4 is 5.32 Å². The molecule has 1 amide bonds. The monoisotopic (exact) mass is 336 g/mol. The highest BCUT2D eigenvalue weighted by Crippen LogP contribution is 2.33. The fourth-order valence-corrected chi connectivity index (χ4v) is 3.95. The molecule has 0 aliphatic rings. The molecular weight excluding hydrogens is 324 g/mol. The van der Waals surface area contributed by atoms with Gasteiger partial charge in [-0.1, -0.05) is 42.5 Å². The summed E-state index contributed by atoms with van der Waals surface area (Å²) in [5.41, 5.74) is 1.15. The molecule has 0 bridgehead atoms. The Hall–Kier alpha value is -2.50. The molecule has 1 N–H and O–H groups in total. The SMILES string of the molecule is O=C(Nc1nccs1)c1ccc(-c2cccc3ccccc23)s1. The van der Waals surface area contributed by atoms with Gasteiger partial charge in [0.1, 0.15) is 0 Å². The molecule has 112 valence electrons. The van der Waals surface area contributed by atoms with Gasteiger partial charge in [-0.3, -0.25) is 10.1 Å². The first kappa shape index (κ1) is 14.1. The van der Waals surface area contributed by atoms with E-state index in [2.05, 4.69) is 34.6 Å². The number of thiazole rings is 1.